The van der Waals surface area contributed by atoms with E-state index in [4.69, 9.17) is 0 Å². The number of benzene rings is 2. The Morgan fingerprint density at radius 1 is 1.10 bits per heavy atom. The Morgan fingerprint density at radius 2 is 1.93 bits per heavy atom. The number of anilines is 1. The molecule has 1 N–H and O–H groups in total. The van der Waals surface area contributed by atoms with E-state index in [2.05, 4.69) is 77.0 Å². The summed E-state index contributed by atoms with van der Waals surface area (Å²) < 4.78 is 0. The topological polar surface area (TPSA) is 41.1 Å². The summed E-state index contributed by atoms with van der Waals surface area (Å²) in [6.07, 6.45) is 5.83. The van der Waals surface area contributed by atoms with Crippen molar-refractivity contribution >= 4 is 18.5 Å². The molecule has 0 aliphatic carbocycles. The van der Waals surface area contributed by atoms with E-state index >= 15 is 0 Å². The molecule has 0 fully saturated rings. The maximum absolute atomic E-state index is 4.55. The first-order valence-electron chi connectivity index (χ1n) is 10.3. The van der Waals surface area contributed by atoms with Crippen molar-refractivity contribution in [3.05, 3.63) is 98.9 Å². The highest BCUT2D eigenvalue weighted by molar-refractivity contribution is 5.60. The largest absolute Gasteiger partial charge is 0.340 e. The van der Waals surface area contributed by atoms with Gasteiger partial charge in [-0.1, -0.05) is 55.1 Å². The minimum Gasteiger partial charge on any atom is -0.340 e. The van der Waals surface area contributed by atoms with Crippen LogP contribution in [0.3, 0.4) is 0 Å². The fraction of sp³-hybridized carbons (Fsp3) is 0.231. The number of nitrogens with one attached hydrogen (secondary N) is 1. The van der Waals surface area contributed by atoms with Crippen LogP contribution < -0.4 is 15.8 Å². The number of aryl methyl sites for hydroxylation is 1. The molecular weight excluding hydrogens is 368 g/mol. The zero-order valence-electron chi connectivity index (χ0n) is 17.9. The number of fused-ring (bicyclic) bond motifs is 1. The molecule has 1 aromatic heterocycles. The first-order valence-corrected chi connectivity index (χ1v) is 10.3. The van der Waals surface area contributed by atoms with E-state index in [0.29, 0.717) is 0 Å². The molecule has 4 nitrogen and oxygen atoms in total. The molecular formula is C26H28N4. The van der Waals surface area contributed by atoms with Crippen molar-refractivity contribution in [1.82, 2.24) is 14.9 Å². The highest BCUT2D eigenvalue weighted by Gasteiger charge is 2.24. The number of aromatic nitrogens is 2. The lowest BCUT2D eigenvalue weighted by Crippen LogP contribution is -2.23. The quantitative estimate of drug-likeness (QED) is 0.712. The fourth-order valence-corrected chi connectivity index (χ4v) is 3.86. The van der Waals surface area contributed by atoms with Gasteiger partial charge in [-0.15, -0.1) is 0 Å². The van der Waals surface area contributed by atoms with Crippen LogP contribution in [0.15, 0.2) is 60.6 Å². The van der Waals surface area contributed by atoms with E-state index in [-0.39, 0.29) is 0 Å². The molecule has 0 unspecified atom stereocenters. The molecule has 2 heterocycles. The molecule has 30 heavy (non-hydrogen) atoms. The molecule has 1 aliphatic rings. The number of rotatable bonds is 5. The van der Waals surface area contributed by atoms with E-state index < -0.39 is 0 Å². The van der Waals surface area contributed by atoms with Crippen molar-refractivity contribution in [2.45, 2.75) is 40.4 Å². The third-order valence-corrected chi connectivity index (χ3v) is 5.84. The van der Waals surface area contributed by atoms with Gasteiger partial charge in [0.1, 0.15) is 12.1 Å². The fourth-order valence-electron chi connectivity index (χ4n) is 3.86. The second-order valence-electron chi connectivity index (χ2n) is 7.86. The Balaban J connectivity index is 1.56. The molecule has 0 saturated carbocycles. The van der Waals surface area contributed by atoms with Gasteiger partial charge < -0.3 is 5.32 Å². The normalized spacial score (nSPS) is 14.8. The van der Waals surface area contributed by atoms with Crippen LogP contribution in [-0.2, 0) is 19.6 Å². The van der Waals surface area contributed by atoms with Crippen molar-refractivity contribution in [3.8, 4) is 0 Å². The maximum atomic E-state index is 4.55. The summed E-state index contributed by atoms with van der Waals surface area (Å²) >= 11 is 0. The van der Waals surface area contributed by atoms with Crippen molar-refractivity contribution in [3.63, 3.8) is 0 Å². The maximum Gasteiger partial charge on any atom is 0.138 e. The third kappa shape index (κ3) is 4.19. The van der Waals surface area contributed by atoms with E-state index in [0.717, 1.165) is 47.3 Å². The molecule has 0 atom stereocenters. The number of allylic oxidation sites excluding steroid dienone is 2. The minimum absolute atomic E-state index is 0.842. The van der Waals surface area contributed by atoms with E-state index in [1.165, 1.54) is 22.3 Å². The smallest absolute Gasteiger partial charge is 0.138 e. The summed E-state index contributed by atoms with van der Waals surface area (Å²) in [6, 6.07) is 14.7. The van der Waals surface area contributed by atoms with Gasteiger partial charge in [-0.2, -0.15) is 0 Å². The standard InChI is InChI=1S/C26H28N4/c1-5-23(13-21-11-7-6-9-19(21)3)29-26-24-15-30(16-25(24)27-17-28-26)14-22-12-8-10-18(2)20(22)4/h5-13,17H,3,14-16H2,1-2,4H3,(H,27,28,29)/b21-13-,23-5+. The minimum atomic E-state index is 0.842. The van der Waals surface area contributed by atoms with Gasteiger partial charge in [0, 0.05) is 30.9 Å². The molecule has 0 saturated heterocycles. The average Bonchev–Trinajstić information content (AvgIpc) is 3.16. The highest BCUT2D eigenvalue weighted by Crippen LogP contribution is 2.29. The van der Waals surface area contributed by atoms with Crippen LogP contribution in [0.25, 0.3) is 12.7 Å². The first kappa shape index (κ1) is 20.0. The van der Waals surface area contributed by atoms with Crippen molar-refractivity contribution in [2.24, 2.45) is 0 Å². The second-order valence-corrected chi connectivity index (χ2v) is 7.86. The van der Waals surface area contributed by atoms with Crippen molar-refractivity contribution in [2.75, 3.05) is 5.32 Å². The Kier molecular flexibility index (Phi) is 5.77. The van der Waals surface area contributed by atoms with Gasteiger partial charge in [-0.3, -0.25) is 4.90 Å². The molecule has 4 rings (SSSR count). The Labute approximate surface area is 178 Å². The summed E-state index contributed by atoms with van der Waals surface area (Å²) in [5, 5.41) is 5.61. The van der Waals surface area contributed by atoms with Crippen LogP contribution in [0.2, 0.25) is 0 Å². The van der Waals surface area contributed by atoms with Crippen LogP contribution in [0.1, 0.15) is 34.9 Å². The van der Waals surface area contributed by atoms with Gasteiger partial charge in [-0.25, -0.2) is 9.97 Å². The van der Waals surface area contributed by atoms with Crippen LogP contribution in [0.5, 0.6) is 0 Å². The molecule has 0 radical (unpaired) electrons. The van der Waals surface area contributed by atoms with Crippen molar-refractivity contribution in [1.29, 1.82) is 0 Å². The Morgan fingerprint density at radius 3 is 2.73 bits per heavy atom. The van der Waals surface area contributed by atoms with Gasteiger partial charge in [-0.05, 0) is 54.0 Å². The summed E-state index contributed by atoms with van der Waals surface area (Å²) in [6.45, 7) is 13.1. The van der Waals surface area contributed by atoms with Crippen LogP contribution in [0.4, 0.5) is 5.82 Å². The van der Waals surface area contributed by atoms with E-state index in [9.17, 15) is 0 Å². The molecule has 3 aromatic rings. The second kappa shape index (κ2) is 8.64. The summed E-state index contributed by atoms with van der Waals surface area (Å²) in [5.74, 6) is 0.884. The Bertz CT molecular complexity index is 1210. The average molecular weight is 397 g/mol. The molecule has 2 aromatic carbocycles. The van der Waals surface area contributed by atoms with Gasteiger partial charge in [0.2, 0.25) is 0 Å². The summed E-state index contributed by atoms with van der Waals surface area (Å²) in [4.78, 5) is 11.5. The zero-order chi connectivity index (χ0) is 21.1. The predicted octanol–water partition coefficient (Wildman–Crippen LogP) is 3.82. The lowest BCUT2D eigenvalue weighted by atomic mass is 10.0. The van der Waals surface area contributed by atoms with Gasteiger partial charge in [0.25, 0.3) is 0 Å². The molecule has 1 aliphatic heterocycles. The van der Waals surface area contributed by atoms with Crippen LogP contribution >= 0.6 is 0 Å². The number of hydrogen-bond donors (Lipinski definition) is 1. The van der Waals surface area contributed by atoms with Crippen LogP contribution in [-0.4, -0.2) is 14.9 Å². The molecule has 0 spiro atoms. The zero-order valence-corrected chi connectivity index (χ0v) is 17.9. The van der Waals surface area contributed by atoms with Crippen molar-refractivity contribution < 1.29 is 0 Å². The summed E-state index contributed by atoms with van der Waals surface area (Å²) in [5.41, 5.74) is 7.37. The monoisotopic (exact) mass is 396 g/mol. The molecule has 0 bridgehead atoms. The van der Waals surface area contributed by atoms with E-state index in [1.807, 2.05) is 25.1 Å². The SMILES string of the molecule is C=c1cccc/c1=C/C(=C\C)Nc1ncnc2c1CN(Cc1cccc(C)c1C)C2. The number of nitrogens with zero attached hydrogens (tertiary/aromatic N) is 3. The lowest BCUT2D eigenvalue weighted by Gasteiger charge is -2.17. The molecule has 152 valence electrons. The third-order valence-electron chi connectivity index (χ3n) is 5.84. The lowest BCUT2D eigenvalue weighted by molar-refractivity contribution is 0.273. The van der Waals surface area contributed by atoms with Gasteiger partial charge in [0.15, 0.2) is 0 Å². The molecule has 0 amide bonds. The number of hydrogen-bond acceptors (Lipinski definition) is 4. The predicted molar refractivity (Wildman–Crippen MR) is 124 cm³/mol. The first-order chi connectivity index (χ1) is 14.5. The highest BCUT2D eigenvalue weighted by atomic mass is 15.2. The Hall–Kier alpha value is -3.24. The van der Waals surface area contributed by atoms with Crippen LogP contribution in [0, 0.1) is 13.8 Å². The van der Waals surface area contributed by atoms with Gasteiger partial charge in [0.05, 0.1) is 5.69 Å². The molecule has 4 heteroatoms. The van der Waals surface area contributed by atoms with Gasteiger partial charge >= 0.3 is 0 Å². The summed E-state index contributed by atoms with van der Waals surface area (Å²) in [7, 11) is 0. The van der Waals surface area contributed by atoms with E-state index in [1.54, 1.807) is 6.33 Å².